The number of hydrogen-bond donors (Lipinski definition) is 0. The van der Waals surface area contributed by atoms with Crippen molar-refractivity contribution < 1.29 is 26.3 Å². The van der Waals surface area contributed by atoms with Crippen LogP contribution in [0.4, 0.5) is 26.3 Å². The van der Waals surface area contributed by atoms with Gasteiger partial charge in [0.25, 0.3) is 0 Å². The molecular weight excluding hydrogens is 270 g/mol. The van der Waals surface area contributed by atoms with Crippen molar-refractivity contribution in [1.29, 1.82) is 0 Å². The minimum Gasteiger partial charge on any atom is -0.173 e. The van der Waals surface area contributed by atoms with E-state index in [-0.39, 0.29) is 11.0 Å². The number of halogens is 6. The average molecular weight is 272 g/mol. The van der Waals surface area contributed by atoms with Crippen LogP contribution in [0.5, 0.6) is 0 Å². The first kappa shape index (κ1) is 12.1. The summed E-state index contributed by atoms with van der Waals surface area (Å²) in [5.41, 5.74) is -3.89. The smallest absolute Gasteiger partial charge is 0.173 e. The summed E-state index contributed by atoms with van der Waals surface area (Å²) in [5, 5.41) is 0. The minimum atomic E-state index is -5.08. The topological polar surface area (TPSA) is 25.8 Å². The molecule has 0 atom stereocenters. The Morgan fingerprint density at radius 1 is 0.765 bits per heavy atom. The normalized spacial score (nSPS) is 13.3. The molecule has 17 heavy (non-hydrogen) atoms. The number of benzene rings is 1. The number of fused-ring (bicyclic) bond motifs is 1. The highest BCUT2D eigenvalue weighted by Crippen LogP contribution is 2.41. The molecule has 0 aliphatic carbocycles. The van der Waals surface area contributed by atoms with Gasteiger partial charge in [-0.3, -0.25) is 0 Å². The molecule has 0 aliphatic heterocycles. The van der Waals surface area contributed by atoms with Gasteiger partial charge in [0, 0.05) is 0 Å². The van der Waals surface area contributed by atoms with Gasteiger partial charge in [-0.2, -0.15) is 35.1 Å². The molecule has 2 aromatic rings. The fraction of sp³-hybridized carbons (Fsp3) is 0.250. The summed E-state index contributed by atoms with van der Waals surface area (Å²) in [6, 6.07) is 0.726. The Morgan fingerprint density at radius 2 is 1.12 bits per heavy atom. The van der Waals surface area contributed by atoms with E-state index in [4.69, 9.17) is 0 Å². The highest BCUT2D eigenvalue weighted by atomic mass is 32.1. The van der Waals surface area contributed by atoms with Crippen molar-refractivity contribution in [3.8, 4) is 0 Å². The van der Waals surface area contributed by atoms with Crippen LogP contribution < -0.4 is 0 Å². The van der Waals surface area contributed by atoms with E-state index in [1.54, 1.807) is 0 Å². The number of alkyl halides is 6. The molecule has 0 N–H and O–H groups in total. The maximum absolute atomic E-state index is 12.5. The lowest BCUT2D eigenvalue weighted by molar-refractivity contribution is -0.161. The molecule has 0 radical (unpaired) electrons. The fourth-order valence-corrected chi connectivity index (χ4v) is 1.81. The molecule has 2 nitrogen and oxygen atoms in total. The van der Waals surface area contributed by atoms with Gasteiger partial charge in [0.15, 0.2) is 0 Å². The molecule has 1 heterocycles. The van der Waals surface area contributed by atoms with E-state index in [2.05, 4.69) is 8.75 Å². The molecule has 0 spiro atoms. The Kier molecular flexibility index (Phi) is 2.53. The number of nitrogens with zero attached hydrogens (tertiary/aromatic N) is 2. The van der Waals surface area contributed by atoms with Gasteiger partial charge in [0.05, 0.1) is 22.9 Å². The van der Waals surface area contributed by atoms with Gasteiger partial charge in [0.2, 0.25) is 0 Å². The van der Waals surface area contributed by atoms with Crippen LogP contribution >= 0.6 is 11.7 Å². The van der Waals surface area contributed by atoms with Gasteiger partial charge in [-0.1, -0.05) is 0 Å². The highest BCUT2D eigenvalue weighted by molar-refractivity contribution is 7.00. The van der Waals surface area contributed by atoms with Crippen LogP contribution in [0.2, 0.25) is 0 Å². The lowest BCUT2D eigenvalue weighted by Crippen LogP contribution is -2.16. The predicted octanol–water partition coefficient (Wildman–Crippen LogP) is 3.73. The van der Waals surface area contributed by atoms with Crippen molar-refractivity contribution in [3.05, 3.63) is 23.3 Å². The van der Waals surface area contributed by atoms with E-state index in [0.717, 1.165) is 0 Å². The summed E-state index contributed by atoms with van der Waals surface area (Å²) in [5.74, 6) is 0. The van der Waals surface area contributed by atoms with Crippen LogP contribution in [0.25, 0.3) is 11.0 Å². The molecule has 0 amide bonds. The standard InChI is InChI=1S/C8H2F6N2S/c9-7(10,11)3-1-5-6(16-17-15-5)2-4(3)8(12,13)14/h1-2H. The second-order valence-electron chi connectivity index (χ2n) is 3.15. The second kappa shape index (κ2) is 3.56. The Balaban J connectivity index is 2.78. The van der Waals surface area contributed by atoms with Crippen molar-refractivity contribution in [3.63, 3.8) is 0 Å². The second-order valence-corrected chi connectivity index (χ2v) is 3.67. The van der Waals surface area contributed by atoms with Crippen molar-refractivity contribution in [1.82, 2.24) is 8.75 Å². The predicted molar refractivity (Wildman–Crippen MR) is 47.4 cm³/mol. The Hall–Kier alpha value is -1.38. The molecule has 0 saturated carbocycles. The molecule has 0 bridgehead atoms. The van der Waals surface area contributed by atoms with Crippen LogP contribution in [-0.2, 0) is 12.4 Å². The van der Waals surface area contributed by atoms with Gasteiger partial charge < -0.3 is 0 Å². The molecule has 0 fully saturated rings. The van der Waals surface area contributed by atoms with Crippen LogP contribution in [0.15, 0.2) is 12.1 Å². The number of rotatable bonds is 0. The summed E-state index contributed by atoms with van der Waals surface area (Å²) < 4.78 is 81.8. The summed E-state index contributed by atoms with van der Waals surface area (Å²) in [7, 11) is 0. The molecule has 0 unspecified atom stereocenters. The molecule has 9 heteroatoms. The van der Waals surface area contributed by atoms with Gasteiger partial charge in [-0.25, -0.2) is 0 Å². The Bertz CT molecular complexity index is 507. The molecule has 1 aromatic carbocycles. The first-order chi connectivity index (χ1) is 7.69. The Morgan fingerprint density at radius 3 is 1.41 bits per heavy atom. The van der Waals surface area contributed by atoms with E-state index < -0.39 is 23.5 Å². The molecule has 1 aromatic heterocycles. The van der Waals surface area contributed by atoms with Crippen LogP contribution in [0, 0.1) is 0 Å². The zero-order valence-corrected chi connectivity index (χ0v) is 8.54. The largest absolute Gasteiger partial charge is 0.417 e. The summed E-state index contributed by atoms with van der Waals surface area (Å²) in [6.07, 6.45) is -10.2. The lowest BCUT2D eigenvalue weighted by atomic mass is 10.1. The summed E-state index contributed by atoms with van der Waals surface area (Å²) >= 11 is 0.557. The zero-order valence-electron chi connectivity index (χ0n) is 7.73. The monoisotopic (exact) mass is 272 g/mol. The van der Waals surface area contributed by atoms with Crippen LogP contribution in [0.3, 0.4) is 0 Å². The lowest BCUT2D eigenvalue weighted by Gasteiger charge is -2.14. The van der Waals surface area contributed by atoms with Gasteiger partial charge >= 0.3 is 12.4 Å². The zero-order chi connectivity index (χ0) is 12.8. The van der Waals surface area contributed by atoms with Crippen LogP contribution in [0.1, 0.15) is 11.1 Å². The van der Waals surface area contributed by atoms with Crippen molar-refractivity contribution in [2.45, 2.75) is 12.4 Å². The third-order valence-corrected chi connectivity index (χ3v) is 2.56. The third-order valence-electron chi connectivity index (χ3n) is 2.00. The average Bonchev–Trinajstić information content (AvgIpc) is 2.59. The molecule has 0 aliphatic rings. The number of aromatic nitrogens is 2. The number of hydrogen-bond acceptors (Lipinski definition) is 3. The van der Waals surface area contributed by atoms with E-state index in [1.165, 1.54) is 0 Å². The summed E-state index contributed by atoms with van der Waals surface area (Å²) in [6.45, 7) is 0. The molecule has 0 saturated heterocycles. The van der Waals surface area contributed by atoms with Crippen molar-refractivity contribution in [2.24, 2.45) is 0 Å². The van der Waals surface area contributed by atoms with Gasteiger partial charge in [0.1, 0.15) is 11.0 Å². The first-order valence-corrected chi connectivity index (χ1v) is 4.83. The summed E-state index contributed by atoms with van der Waals surface area (Å²) in [4.78, 5) is 0. The SMILES string of the molecule is FC(F)(F)c1cc2nsnc2cc1C(F)(F)F. The minimum absolute atomic E-state index is 0.199. The van der Waals surface area contributed by atoms with E-state index in [9.17, 15) is 26.3 Å². The van der Waals surface area contributed by atoms with Crippen molar-refractivity contribution >= 4 is 22.8 Å². The molecule has 2 rings (SSSR count). The van der Waals surface area contributed by atoms with E-state index in [1.807, 2.05) is 0 Å². The Labute approximate surface area is 94.2 Å². The molecule has 92 valence electrons. The van der Waals surface area contributed by atoms with E-state index in [0.29, 0.717) is 23.9 Å². The van der Waals surface area contributed by atoms with Gasteiger partial charge in [-0.15, -0.1) is 0 Å². The highest BCUT2D eigenvalue weighted by Gasteiger charge is 2.43. The fourth-order valence-electron chi connectivity index (χ4n) is 1.30. The van der Waals surface area contributed by atoms with Gasteiger partial charge in [-0.05, 0) is 12.1 Å². The quantitative estimate of drug-likeness (QED) is 0.683. The third kappa shape index (κ3) is 2.19. The molecular formula is C8H2F6N2S. The van der Waals surface area contributed by atoms with Crippen LogP contribution in [-0.4, -0.2) is 8.75 Å². The maximum Gasteiger partial charge on any atom is 0.417 e. The van der Waals surface area contributed by atoms with Crippen molar-refractivity contribution in [2.75, 3.05) is 0 Å². The maximum atomic E-state index is 12.5. The first-order valence-electron chi connectivity index (χ1n) is 4.10. The van der Waals surface area contributed by atoms with E-state index >= 15 is 0 Å².